The van der Waals surface area contributed by atoms with Crippen LogP contribution in [0.5, 0.6) is 5.75 Å². The first-order valence-corrected chi connectivity index (χ1v) is 8.78. The van der Waals surface area contributed by atoms with Crippen LogP contribution in [0.2, 0.25) is 0 Å². The number of para-hydroxylation sites is 2. The van der Waals surface area contributed by atoms with Crippen LogP contribution in [-0.4, -0.2) is 46.6 Å². The molecule has 3 rings (SSSR count). The molecule has 1 saturated heterocycles. The second-order valence-electron chi connectivity index (χ2n) is 6.28. The molecule has 0 saturated carbocycles. The molecule has 1 aromatic carbocycles. The van der Waals surface area contributed by atoms with E-state index in [2.05, 4.69) is 4.98 Å². The van der Waals surface area contributed by atoms with E-state index in [4.69, 9.17) is 9.47 Å². The van der Waals surface area contributed by atoms with E-state index in [1.807, 2.05) is 12.1 Å². The molecule has 0 spiro atoms. The summed E-state index contributed by atoms with van der Waals surface area (Å²) in [7, 11) is 0. The van der Waals surface area contributed by atoms with Gasteiger partial charge < -0.3 is 14.4 Å². The summed E-state index contributed by atoms with van der Waals surface area (Å²) in [5.74, 6) is -0.179. The van der Waals surface area contributed by atoms with Crippen molar-refractivity contribution in [2.75, 3.05) is 19.8 Å². The number of rotatable bonds is 8. The maximum absolute atomic E-state index is 12.7. The summed E-state index contributed by atoms with van der Waals surface area (Å²) in [5.41, 5.74) is 0.734. The molecule has 0 N–H and O–H groups in total. The summed E-state index contributed by atoms with van der Waals surface area (Å²) < 4.78 is 11.1. The van der Waals surface area contributed by atoms with Crippen LogP contribution in [0.4, 0.5) is 5.69 Å². The third-order valence-corrected chi connectivity index (χ3v) is 4.31. The lowest BCUT2D eigenvalue weighted by Gasteiger charge is -2.25. The molecule has 2 heterocycles. The lowest BCUT2D eigenvalue weighted by molar-refractivity contribution is -0.385. The molecule has 142 valence electrons. The predicted molar refractivity (Wildman–Crippen MR) is 97.2 cm³/mol. The Morgan fingerprint density at radius 1 is 1.33 bits per heavy atom. The van der Waals surface area contributed by atoms with Gasteiger partial charge >= 0.3 is 5.69 Å². The van der Waals surface area contributed by atoms with Gasteiger partial charge in [-0.15, -0.1) is 0 Å². The Kier molecular flexibility index (Phi) is 6.32. The number of pyridine rings is 1. The normalized spacial score (nSPS) is 16.1. The van der Waals surface area contributed by atoms with Gasteiger partial charge in [-0.2, -0.15) is 0 Å². The van der Waals surface area contributed by atoms with Gasteiger partial charge in [0.25, 0.3) is 5.91 Å². The van der Waals surface area contributed by atoms with Gasteiger partial charge in [0.1, 0.15) is 0 Å². The first-order chi connectivity index (χ1) is 13.1. The molecule has 0 aliphatic carbocycles. The molecule has 1 amide bonds. The van der Waals surface area contributed by atoms with E-state index in [0.29, 0.717) is 19.7 Å². The molecular formula is C19H21N3O5. The van der Waals surface area contributed by atoms with E-state index >= 15 is 0 Å². The Morgan fingerprint density at radius 2 is 2.19 bits per heavy atom. The number of carbonyl (C=O) groups is 1. The standard InChI is InChI=1S/C19H21N3O5/c23-19(14-27-18-8-2-1-7-17(18)22(24)25)21(13-16-6-4-10-26-16)12-15-5-3-9-20-11-15/h1-3,5,7-9,11,16H,4,6,10,12-14H2. The number of nitrogens with zero attached hydrogens (tertiary/aromatic N) is 3. The van der Waals surface area contributed by atoms with Crippen LogP contribution in [0.1, 0.15) is 18.4 Å². The van der Waals surface area contributed by atoms with Crippen molar-refractivity contribution in [3.8, 4) is 5.75 Å². The molecule has 27 heavy (non-hydrogen) atoms. The van der Waals surface area contributed by atoms with Crippen molar-refractivity contribution in [2.24, 2.45) is 0 Å². The molecule has 1 aromatic heterocycles. The molecule has 1 atom stereocenters. The number of amides is 1. The number of aromatic nitrogens is 1. The topological polar surface area (TPSA) is 94.8 Å². The van der Waals surface area contributed by atoms with Crippen LogP contribution in [0.3, 0.4) is 0 Å². The smallest absolute Gasteiger partial charge is 0.310 e. The first-order valence-electron chi connectivity index (χ1n) is 8.78. The van der Waals surface area contributed by atoms with E-state index in [1.54, 1.807) is 29.4 Å². The van der Waals surface area contributed by atoms with Gasteiger partial charge in [-0.25, -0.2) is 0 Å². The van der Waals surface area contributed by atoms with Crippen LogP contribution >= 0.6 is 0 Å². The summed E-state index contributed by atoms with van der Waals surface area (Å²) >= 11 is 0. The summed E-state index contributed by atoms with van der Waals surface area (Å²) in [4.78, 5) is 29.0. The Bertz CT molecular complexity index is 778. The highest BCUT2D eigenvalue weighted by Gasteiger charge is 2.24. The van der Waals surface area contributed by atoms with Crippen molar-refractivity contribution < 1.29 is 19.2 Å². The van der Waals surface area contributed by atoms with Crippen molar-refractivity contribution in [1.29, 1.82) is 0 Å². The maximum atomic E-state index is 12.7. The Hall–Kier alpha value is -3.00. The minimum atomic E-state index is -0.528. The zero-order valence-electron chi connectivity index (χ0n) is 14.8. The van der Waals surface area contributed by atoms with Crippen LogP contribution < -0.4 is 4.74 Å². The third kappa shape index (κ3) is 5.24. The van der Waals surface area contributed by atoms with Crippen LogP contribution in [-0.2, 0) is 16.1 Å². The van der Waals surface area contributed by atoms with Crippen molar-refractivity contribution in [3.63, 3.8) is 0 Å². The van der Waals surface area contributed by atoms with Crippen molar-refractivity contribution in [1.82, 2.24) is 9.88 Å². The molecule has 2 aromatic rings. The van der Waals surface area contributed by atoms with Gasteiger partial charge in [0, 0.05) is 38.2 Å². The second kappa shape index (κ2) is 9.09. The van der Waals surface area contributed by atoms with Gasteiger partial charge in [0.15, 0.2) is 12.4 Å². The second-order valence-corrected chi connectivity index (χ2v) is 6.28. The molecule has 8 nitrogen and oxygen atoms in total. The van der Waals surface area contributed by atoms with Crippen LogP contribution in [0.15, 0.2) is 48.8 Å². The van der Waals surface area contributed by atoms with Crippen molar-refractivity contribution in [2.45, 2.75) is 25.5 Å². The molecule has 1 aliphatic rings. The molecule has 0 radical (unpaired) electrons. The van der Waals surface area contributed by atoms with Gasteiger partial charge in [-0.05, 0) is 30.5 Å². The van der Waals surface area contributed by atoms with Gasteiger partial charge in [-0.1, -0.05) is 18.2 Å². The average Bonchev–Trinajstić information content (AvgIpc) is 3.19. The largest absolute Gasteiger partial charge is 0.477 e. The van der Waals surface area contributed by atoms with E-state index < -0.39 is 4.92 Å². The fourth-order valence-electron chi connectivity index (χ4n) is 2.96. The van der Waals surface area contributed by atoms with Crippen molar-refractivity contribution >= 4 is 11.6 Å². The Balaban J connectivity index is 1.67. The number of nitro benzene ring substituents is 1. The minimum absolute atomic E-state index is 0.00307. The molecule has 1 fully saturated rings. The number of hydrogen-bond acceptors (Lipinski definition) is 6. The molecular weight excluding hydrogens is 350 g/mol. The third-order valence-electron chi connectivity index (χ3n) is 4.31. The highest BCUT2D eigenvalue weighted by molar-refractivity contribution is 5.78. The number of hydrogen-bond donors (Lipinski definition) is 0. The molecule has 1 unspecified atom stereocenters. The summed E-state index contributed by atoms with van der Waals surface area (Å²) in [6.07, 6.45) is 5.26. The first kappa shape index (κ1) is 18.8. The monoisotopic (exact) mass is 371 g/mol. The fourth-order valence-corrected chi connectivity index (χ4v) is 2.96. The van der Waals surface area contributed by atoms with Crippen molar-refractivity contribution in [3.05, 3.63) is 64.5 Å². The zero-order valence-corrected chi connectivity index (χ0v) is 14.8. The van der Waals surface area contributed by atoms with E-state index in [-0.39, 0.29) is 30.1 Å². The lowest BCUT2D eigenvalue weighted by Crippen LogP contribution is -2.39. The van der Waals surface area contributed by atoms with Gasteiger partial charge in [0.05, 0.1) is 11.0 Å². The number of benzene rings is 1. The maximum Gasteiger partial charge on any atom is 0.310 e. The quantitative estimate of drug-likeness (QED) is 0.523. The van der Waals surface area contributed by atoms with E-state index in [1.165, 1.54) is 12.1 Å². The lowest BCUT2D eigenvalue weighted by atomic mass is 10.2. The Morgan fingerprint density at radius 3 is 2.89 bits per heavy atom. The fraction of sp³-hybridized carbons (Fsp3) is 0.368. The summed E-state index contributed by atoms with van der Waals surface area (Å²) in [6, 6.07) is 9.72. The minimum Gasteiger partial charge on any atom is -0.477 e. The number of ether oxygens (including phenoxy) is 2. The SMILES string of the molecule is O=C(COc1ccccc1[N+](=O)[O-])N(Cc1cccnc1)CC1CCCO1. The number of carbonyl (C=O) groups excluding carboxylic acids is 1. The van der Waals surface area contributed by atoms with Gasteiger partial charge in [-0.3, -0.25) is 19.9 Å². The predicted octanol–water partition coefficient (Wildman–Crippen LogP) is 2.58. The molecule has 8 heteroatoms. The zero-order chi connectivity index (χ0) is 19.1. The molecule has 1 aliphatic heterocycles. The van der Waals surface area contributed by atoms with E-state index in [0.717, 1.165) is 18.4 Å². The number of nitro groups is 1. The van der Waals surface area contributed by atoms with Gasteiger partial charge in [0.2, 0.25) is 0 Å². The highest BCUT2D eigenvalue weighted by Crippen LogP contribution is 2.26. The Labute approximate surface area is 156 Å². The summed E-state index contributed by atoms with van der Waals surface area (Å²) in [5, 5.41) is 11.1. The highest BCUT2D eigenvalue weighted by atomic mass is 16.6. The van der Waals surface area contributed by atoms with E-state index in [9.17, 15) is 14.9 Å². The average molecular weight is 371 g/mol. The molecule has 0 bridgehead atoms. The van der Waals surface area contributed by atoms with Crippen LogP contribution in [0, 0.1) is 10.1 Å². The summed E-state index contributed by atoms with van der Waals surface area (Å²) in [6.45, 7) is 1.25. The van der Waals surface area contributed by atoms with Crippen LogP contribution in [0.25, 0.3) is 0 Å².